The second-order valence-corrected chi connectivity index (χ2v) is 23.3. The molecule has 0 spiro atoms. The largest absolute Gasteiger partial charge is 0.477 e. The summed E-state index contributed by atoms with van der Waals surface area (Å²) in [6, 6.07) is -2.53. The summed E-state index contributed by atoms with van der Waals surface area (Å²) in [6.45, 7) is 2.16. The van der Waals surface area contributed by atoms with Crippen molar-refractivity contribution in [1.82, 2.24) is 10.6 Å². The highest BCUT2D eigenvalue weighted by molar-refractivity contribution is 5.77. The van der Waals surface area contributed by atoms with Gasteiger partial charge in [-0.15, -0.1) is 0 Å². The Balaban J connectivity index is 1.65. The topological polar surface area (TPSA) is 373 Å². The minimum Gasteiger partial charge on any atom is -0.477 e. The molecule has 0 aromatic rings. The van der Waals surface area contributed by atoms with Crippen molar-refractivity contribution in [2.24, 2.45) is 0 Å². The molecule has 0 aromatic heterocycles. The summed E-state index contributed by atoms with van der Waals surface area (Å²) in [5.74, 6) is -6.12. The zero-order chi connectivity index (χ0) is 61.2. The van der Waals surface area contributed by atoms with Gasteiger partial charge in [-0.1, -0.05) is 167 Å². The lowest BCUT2D eigenvalue weighted by molar-refractivity contribution is -0.386. The van der Waals surface area contributed by atoms with Crippen LogP contribution >= 0.6 is 0 Å². The minimum atomic E-state index is -3.08. The number of allylic oxidation sites excluding steroid dienone is 2. The van der Waals surface area contributed by atoms with Gasteiger partial charge in [0.1, 0.15) is 67.1 Å². The van der Waals surface area contributed by atoms with Gasteiger partial charge in [-0.2, -0.15) is 0 Å². The Morgan fingerprint density at radius 1 is 0.614 bits per heavy atom. The third-order valence-electron chi connectivity index (χ3n) is 16.2. The summed E-state index contributed by atoms with van der Waals surface area (Å²) >= 11 is 0. The van der Waals surface area contributed by atoms with Crippen LogP contribution in [0.2, 0.25) is 0 Å². The second-order valence-electron chi connectivity index (χ2n) is 23.3. The molecular formula is C60H110N2O21. The zero-order valence-electron chi connectivity index (χ0n) is 50.1. The van der Waals surface area contributed by atoms with Gasteiger partial charge in [-0.05, 0) is 38.5 Å². The van der Waals surface area contributed by atoms with E-state index < -0.39 is 148 Å². The van der Waals surface area contributed by atoms with E-state index in [0.717, 1.165) is 58.3 Å². The van der Waals surface area contributed by atoms with Crippen LogP contribution in [0.15, 0.2) is 12.2 Å². The number of amides is 2. The number of carboxylic acid groups (broad SMARTS) is 1. The van der Waals surface area contributed by atoms with E-state index in [2.05, 4.69) is 36.6 Å². The average molecular weight is 1200 g/mol. The molecule has 14 N–H and O–H groups in total. The Morgan fingerprint density at radius 2 is 1.12 bits per heavy atom. The van der Waals surface area contributed by atoms with Crippen molar-refractivity contribution in [2.45, 2.75) is 323 Å². The van der Waals surface area contributed by atoms with Crippen LogP contribution in [0.5, 0.6) is 0 Å². The molecule has 3 aliphatic heterocycles. The molecule has 18 atom stereocenters. The summed E-state index contributed by atoms with van der Waals surface area (Å²) in [7, 11) is 0. The van der Waals surface area contributed by atoms with Gasteiger partial charge in [0.25, 0.3) is 5.79 Å². The van der Waals surface area contributed by atoms with E-state index >= 15 is 0 Å². The van der Waals surface area contributed by atoms with E-state index in [1.807, 2.05) is 0 Å². The number of aliphatic carboxylic acids is 1. The fourth-order valence-corrected chi connectivity index (χ4v) is 11.1. The van der Waals surface area contributed by atoms with Crippen molar-refractivity contribution in [2.75, 3.05) is 26.4 Å². The van der Waals surface area contributed by atoms with Gasteiger partial charge in [0.05, 0.1) is 50.7 Å². The van der Waals surface area contributed by atoms with Crippen molar-refractivity contribution in [3.63, 3.8) is 0 Å². The number of aliphatic hydroxyl groups is 11. The Bertz CT molecular complexity index is 1750. The molecular weight excluding hydrogens is 1080 g/mol. The highest BCUT2D eigenvalue weighted by Gasteiger charge is 2.60. The van der Waals surface area contributed by atoms with E-state index in [9.17, 15) is 75.7 Å². The van der Waals surface area contributed by atoms with Crippen molar-refractivity contribution >= 4 is 17.8 Å². The van der Waals surface area contributed by atoms with Crippen molar-refractivity contribution in [3.05, 3.63) is 12.2 Å². The Morgan fingerprint density at radius 3 is 1.63 bits per heavy atom. The quantitative estimate of drug-likeness (QED) is 0.0306. The number of aliphatic hydroxyl groups excluding tert-OH is 11. The number of hydrogen-bond donors (Lipinski definition) is 14. The highest BCUT2D eigenvalue weighted by atomic mass is 16.8. The second kappa shape index (κ2) is 42.4. The normalized spacial score (nSPS) is 30.0. The molecule has 3 rings (SSSR count). The number of carboxylic acids is 1. The van der Waals surface area contributed by atoms with E-state index in [1.165, 1.54) is 109 Å². The van der Waals surface area contributed by atoms with Gasteiger partial charge in [0, 0.05) is 19.8 Å². The van der Waals surface area contributed by atoms with Crippen LogP contribution in [0.25, 0.3) is 0 Å². The maximum Gasteiger partial charge on any atom is 0.364 e. The molecule has 3 heterocycles. The first kappa shape index (κ1) is 74.7. The third-order valence-corrected chi connectivity index (χ3v) is 16.2. The first-order valence-electron chi connectivity index (χ1n) is 31.5. The number of unbranched alkanes of at least 4 members (excludes halogenated alkanes) is 24. The number of ether oxygens (including phenoxy) is 6. The predicted octanol–water partition coefficient (Wildman–Crippen LogP) is 3.56. The van der Waals surface area contributed by atoms with Gasteiger partial charge in [0.15, 0.2) is 12.6 Å². The van der Waals surface area contributed by atoms with Crippen molar-refractivity contribution < 1.29 is 104 Å². The molecule has 2 amide bonds. The monoisotopic (exact) mass is 1190 g/mol. The molecule has 23 heteroatoms. The van der Waals surface area contributed by atoms with Gasteiger partial charge < -0.3 is 100 Å². The van der Waals surface area contributed by atoms with E-state index in [4.69, 9.17) is 28.4 Å². The SMILES string of the molecule is CCCCCCCC/C=C\CCCCCC(=O)NC(COC1OC(CO)C(OC2OC(CO)C(O)C(OC3(C(=O)O)CC(O)C(NC(C)=O)C(C(O)C(O)CO)O3)C2O)C(O)C1O)C(O)CCCCCCCCCCCCCCCCCC. The molecule has 3 aliphatic rings. The van der Waals surface area contributed by atoms with Gasteiger partial charge >= 0.3 is 5.97 Å². The summed E-state index contributed by atoms with van der Waals surface area (Å²) in [5, 5.41) is 136. The molecule has 486 valence electrons. The Kier molecular flexibility index (Phi) is 38.1. The standard InChI is InChI=1S/C60H110N2O21/c1-4-6-8-10-12-14-16-18-19-20-22-23-25-27-29-31-33-42(67)41(62-47(70)34-32-30-28-26-24-21-17-15-13-11-9-7-5-2)39-78-57-52(74)51(73)54(46(38-65)80-57)81-58-53(75)56(50(72)45(37-64)79-58)83-60(59(76)77)35-43(68)48(61-40(3)66)55(82-60)49(71)44(69)36-63/h21,24,41-46,48-58,63-65,67-69,71-75H,4-20,22-23,25-39H2,1-3H3,(H,61,66)(H,62,70)(H,76,77)/b24-21-. The molecule has 0 saturated carbocycles. The van der Waals surface area contributed by atoms with Crippen LogP contribution in [0.4, 0.5) is 0 Å². The number of hydrogen-bond acceptors (Lipinski definition) is 20. The van der Waals surface area contributed by atoms with Crippen LogP contribution in [-0.2, 0) is 42.8 Å². The summed E-state index contributed by atoms with van der Waals surface area (Å²) < 4.78 is 34.7. The maximum absolute atomic E-state index is 13.4. The lowest BCUT2D eigenvalue weighted by Gasteiger charge is -2.50. The number of rotatable bonds is 46. The Labute approximate surface area is 492 Å². The van der Waals surface area contributed by atoms with Crippen LogP contribution in [0.3, 0.4) is 0 Å². The molecule has 0 aliphatic carbocycles. The van der Waals surface area contributed by atoms with Crippen LogP contribution < -0.4 is 10.6 Å². The van der Waals surface area contributed by atoms with Gasteiger partial charge in [-0.3, -0.25) is 9.59 Å². The van der Waals surface area contributed by atoms with E-state index in [-0.39, 0.29) is 18.9 Å². The Hall–Kier alpha value is -2.53. The summed E-state index contributed by atoms with van der Waals surface area (Å²) in [5.41, 5.74) is 0. The molecule has 3 saturated heterocycles. The predicted molar refractivity (Wildman–Crippen MR) is 306 cm³/mol. The molecule has 0 bridgehead atoms. The van der Waals surface area contributed by atoms with Gasteiger partial charge in [-0.25, -0.2) is 4.79 Å². The average Bonchev–Trinajstić information content (AvgIpc) is 2.31. The number of carbonyl (C=O) groups is 3. The fraction of sp³-hybridized carbons (Fsp3) is 0.917. The van der Waals surface area contributed by atoms with Crippen LogP contribution in [0, 0.1) is 0 Å². The van der Waals surface area contributed by atoms with Crippen molar-refractivity contribution in [1.29, 1.82) is 0 Å². The number of carbonyl (C=O) groups excluding carboxylic acids is 2. The van der Waals surface area contributed by atoms with Crippen LogP contribution in [0.1, 0.15) is 213 Å². The van der Waals surface area contributed by atoms with Crippen molar-refractivity contribution in [3.8, 4) is 0 Å². The molecule has 0 aromatic carbocycles. The zero-order valence-corrected chi connectivity index (χ0v) is 50.1. The number of nitrogens with one attached hydrogen (secondary N) is 2. The summed E-state index contributed by atoms with van der Waals surface area (Å²) in [6.07, 6.45) is 6.63. The highest BCUT2D eigenvalue weighted by Crippen LogP contribution is 2.38. The maximum atomic E-state index is 13.4. The first-order chi connectivity index (χ1) is 39.9. The van der Waals surface area contributed by atoms with Gasteiger partial charge in [0.2, 0.25) is 11.8 Å². The minimum absolute atomic E-state index is 0.204. The first-order valence-corrected chi connectivity index (χ1v) is 31.5. The lowest BCUT2D eigenvalue weighted by atomic mass is 9.88. The molecule has 18 unspecified atom stereocenters. The molecule has 83 heavy (non-hydrogen) atoms. The molecule has 0 radical (unpaired) electrons. The van der Waals surface area contributed by atoms with Crippen LogP contribution in [-0.4, -0.2) is 215 Å². The fourth-order valence-electron chi connectivity index (χ4n) is 11.1. The third kappa shape index (κ3) is 26.4. The molecule has 23 nitrogen and oxygen atoms in total. The lowest BCUT2D eigenvalue weighted by Crippen LogP contribution is -2.70. The molecule has 3 fully saturated rings. The van der Waals surface area contributed by atoms with E-state index in [0.29, 0.717) is 19.3 Å². The summed E-state index contributed by atoms with van der Waals surface area (Å²) in [4.78, 5) is 38.4. The smallest absolute Gasteiger partial charge is 0.364 e. The van der Waals surface area contributed by atoms with E-state index in [1.54, 1.807) is 0 Å².